The number of rotatable bonds is 5. The number of ether oxygens (including phenoxy) is 2. The molecular weight excluding hydrogens is 280 g/mol. The predicted octanol–water partition coefficient (Wildman–Crippen LogP) is 3.91. The Morgan fingerprint density at radius 3 is 2.41 bits per heavy atom. The van der Waals surface area contributed by atoms with Crippen molar-refractivity contribution in [2.45, 2.75) is 26.7 Å². The summed E-state index contributed by atoms with van der Waals surface area (Å²) in [7, 11) is 1.39. The van der Waals surface area contributed by atoms with Gasteiger partial charge in [0.1, 0.15) is 17.2 Å². The SMILES string of the molecule is COC(=O)CCc1ccc(C)c(Oc2ccc(O)cc2)c1C. The molecule has 0 bridgehead atoms. The lowest BCUT2D eigenvalue weighted by Crippen LogP contribution is -2.04. The zero-order valence-electron chi connectivity index (χ0n) is 13.1. The summed E-state index contributed by atoms with van der Waals surface area (Å²) >= 11 is 0. The van der Waals surface area contributed by atoms with Gasteiger partial charge >= 0.3 is 5.97 Å². The van der Waals surface area contributed by atoms with E-state index in [4.69, 9.17) is 4.74 Å². The summed E-state index contributed by atoms with van der Waals surface area (Å²) in [5, 5.41) is 9.32. The van der Waals surface area contributed by atoms with Gasteiger partial charge in [-0.15, -0.1) is 0 Å². The van der Waals surface area contributed by atoms with Crippen molar-refractivity contribution < 1.29 is 19.4 Å². The van der Waals surface area contributed by atoms with E-state index < -0.39 is 0 Å². The largest absolute Gasteiger partial charge is 0.508 e. The molecule has 2 aromatic rings. The van der Waals surface area contributed by atoms with Crippen LogP contribution in [0.4, 0.5) is 0 Å². The van der Waals surface area contributed by atoms with E-state index >= 15 is 0 Å². The molecule has 0 atom stereocenters. The Labute approximate surface area is 130 Å². The Kier molecular flexibility index (Phi) is 5.04. The Morgan fingerprint density at radius 2 is 1.77 bits per heavy atom. The quantitative estimate of drug-likeness (QED) is 0.851. The number of esters is 1. The second-order valence-corrected chi connectivity index (χ2v) is 5.17. The Morgan fingerprint density at radius 1 is 1.09 bits per heavy atom. The molecule has 0 saturated heterocycles. The van der Waals surface area contributed by atoms with Crippen LogP contribution in [0.15, 0.2) is 36.4 Å². The van der Waals surface area contributed by atoms with Crippen LogP contribution < -0.4 is 4.74 Å². The molecular formula is C18H20O4. The highest BCUT2D eigenvalue weighted by molar-refractivity contribution is 5.69. The van der Waals surface area contributed by atoms with Crippen molar-refractivity contribution >= 4 is 5.97 Å². The van der Waals surface area contributed by atoms with Crippen LogP contribution in [-0.4, -0.2) is 18.2 Å². The zero-order valence-corrected chi connectivity index (χ0v) is 13.1. The van der Waals surface area contributed by atoms with Crippen LogP contribution in [0.2, 0.25) is 0 Å². The number of carbonyl (C=O) groups is 1. The van der Waals surface area contributed by atoms with Gasteiger partial charge in [0.15, 0.2) is 0 Å². The van der Waals surface area contributed by atoms with Crippen molar-refractivity contribution in [3.05, 3.63) is 53.1 Å². The van der Waals surface area contributed by atoms with Gasteiger partial charge in [-0.2, -0.15) is 0 Å². The molecule has 0 saturated carbocycles. The van der Waals surface area contributed by atoms with Crippen LogP contribution in [0.1, 0.15) is 23.1 Å². The molecule has 0 aliphatic carbocycles. The van der Waals surface area contributed by atoms with Gasteiger partial charge < -0.3 is 14.6 Å². The van der Waals surface area contributed by atoms with Gasteiger partial charge in [0.05, 0.1) is 7.11 Å². The minimum Gasteiger partial charge on any atom is -0.508 e. The van der Waals surface area contributed by atoms with Crippen LogP contribution >= 0.6 is 0 Å². The maximum Gasteiger partial charge on any atom is 0.305 e. The van der Waals surface area contributed by atoms with Crippen LogP contribution in [0.5, 0.6) is 17.2 Å². The fraction of sp³-hybridized carbons (Fsp3) is 0.278. The zero-order chi connectivity index (χ0) is 16.1. The summed E-state index contributed by atoms with van der Waals surface area (Å²) in [6.07, 6.45) is 0.962. The van der Waals surface area contributed by atoms with Gasteiger partial charge in [0, 0.05) is 6.42 Å². The van der Waals surface area contributed by atoms with E-state index in [1.165, 1.54) is 7.11 Å². The minimum atomic E-state index is -0.221. The molecule has 4 nitrogen and oxygen atoms in total. The molecule has 116 valence electrons. The van der Waals surface area contributed by atoms with Gasteiger partial charge in [-0.25, -0.2) is 0 Å². The van der Waals surface area contributed by atoms with Gasteiger partial charge in [0.2, 0.25) is 0 Å². The molecule has 0 fully saturated rings. The standard InChI is InChI=1S/C18H20O4/c1-12-4-5-14(6-11-17(20)21-3)13(2)18(12)22-16-9-7-15(19)8-10-16/h4-5,7-10,19H,6,11H2,1-3H3. The van der Waals surface area contributed by atoms with Gasteiger partial charge in [-0.05, 0) is 61.2 Å². The second-order valence-electron chi connectivity index (χ2n) is 5.17. The average Bonchev–Trinajstić information content (AvgIpc) is 2.52. The van der Waals surface area contributed by atoms with Gasteiger partial charge in [-0.1, -0.05) is 12.1 Å². The number of carbonyl (C=O) groups excluding carboxylic acids is 1. The topological polar surface area (TPSA) is 55.8 Å². The number of benzene rings is 2. The van der Waals surface area contributed by atoms with Crippen molar-refractivity contribution in [3.63, 3.8) is 0 Å². The summed E-state index contributed by atoms with van der Waals surface area (Å²) in [6, 6.07) is 10.6. The lowest BCUT2D eigenvalue weighted by molar-refractivity contribution is -0.140. The summed E-state index contributed by atoms with van der Waals surface area (Å²) in [5.41, 5.74) is 3.09. The minimum absolute atomic E-state index is 0.202. The number of hydrogen-bond acceptors (Lipinski definition) is 4. The number of aromatic hydroxyl groups is 1. The monoisotopic (exact) mass is 300 g/mol. The number of methoxy groups -OCH3 is 1. The van der Waals surface area contributed by atoms with Crippen LogP contribution in [0.3, 0.4) is 0 Å². The normalized spacial score (nSPS) is 10.3. The number of hydrogen-bond donors (Lipinski definition) is 1. The third kappa shape index (κ3) is 3.79. The molecule has 0 aliphatic rings. The van der Waals surface area contributed by atoms with E-state index in [1.54, 1.807) is 24.3 Å². The van der Waals surface area contributed by atoms with Crippen LogP contribution in [0.25, 0.3) is 0 Å². The van der Waals surface area contributed by atoms with E-state index in [1.807, 2.05) is 26.0 Å². The van der Waals surface area contributed by atoms with E-state index in [9.17, 15) is 9.90 Å². The highest BCUT2D eigenvalue weighted by atomic mass is 16.5. The molecule has 4 heteroatoms. The first-order valence-electron chi connectivity index (χ1n) is 7.14. The molecule has 0 aromatic heterocycles. The Bertz CT molecular complexity index is 660. The summed E-state index contributed by atoms with van der Waals surface area (Å²) in [5.74, 6) is 1.43. The maximum atomic E-state index is 11.3. The molecule has 0 spiro atoms. The smallest absolute Gasteiger partial charge is 0.305 e. The predicted molar refractivity (Wildman–Crippen MR) is 84.4 cm³/mol. The summed E-state index contributed by atoms with van der Waals surface area (Å²) in [6.45, 7) is 3.96. The fourth-order valence-electron chi connectivity index (χ4n) is 2.27. The molecule has 0 unspecified atom stereocenters. The van der Waals surface area contributed by atoms with Crippen LogP contribution in [0, 0.1) is 13.8 Å². The molecule has 0 amide bonds. The second kappa shape index (κ2) is 6.98. The average molecular weight is 300 g/mol. The van der Waals surface area contributed by atoms with Crippen LogP contribution in [-0.2, 0) is 16.0 Å². The van der Waals surface area contributed by atoms with E-state index in [2.05, 4.69) is 4.74 Å². The van der Waals surface area contributed by atoms with E-state index in [-0.39, 0.29) is 11.7 Å². The maximum absolute atomic E-state index is 11.3. The lowest BCUT2D eigenvalue weighted by Gasteiger charge is -2.15. The molecule has 0 heterocycles. The summed E-state index contributed by atoms with van der Waals surface area (Å²) < 4.78 is 10.6. The first kappa shape index (κ1) is 15.9. The van der Waals surface area contributed by atoms with E-state index in [0.29, 0.717) is 18.6 Å². The van der Waals surface area contributed by atoms with E-state index in [0.717, 1.165) is 22.4 Å². The fourth-order valence-corrected chi connectivity index (χ4v) is 2.27. The number of phenolic OH excluding ortho intramolecular Hbond substituents is 1. The highest BCUT2D eigenvalue weighted by Gasteiger charge is 2.11. The third-order valence-corrected chi connectivity index (χ3v) is 3.60. The van der Waals surface area contributed by atoms with Gasteiger partial charge in [0.25, 0.3) is 0 Å². The molecule has 2 rings (SSSR count). The van der Waals surface area contributed by atoms with Crippen molar-refractivity contribution in [1.82, 2.24) is 0 Å². The first-order chi connectivity index (χ1) is 10.5. The third-order valence-electron chi connectivity index (χ3n) is 3.60. The van der Waals surface area contributed by atoms with Crippen molar-refractivity contribution in [3.8, 4) is 17.2 Å². The van der Waals surface area contributed by atoms with Crippen molar-refractivity contribution in [1.29, 1.82) is 0 Å². The molecule has 2 aromatic carbocycles. The first-order valence-corrected chi connectivity index (χ1v) is 7.14. The number of aryl methyl sites for hydroxylation is 2. The highest BCUT2D eigenvalue weighted by Crippen LogP contribution is 2.32. The molecule has 0 radical (unpaired) electrons. The lowest BCUT2D eigenvalue weighted by atomic mass is 10.00. The molecule has 22 heavy (non-hydrogen) atoms. The summed E-state index contributed by atoms with van der Waals surface area (Å²) in [4.78, 5) is 11.3. The molecule has 1 N–H and O–H groups in total. The Balaban J connectivity index is 2.23. The number of phenols is 1. The van der Waals surface area contributed by atoms with Crippen molar-refractivity contribution in [2.24, 2.45) is 0 Å². The Hall–Kier alpha value is -2.49. The molecule has 0 aliphatic heterocycles. The van der Waals surface area contributed by atoms with Gasteiger partial charge in [-0.3, -0.25) is 4.79 Å². The van der Waals surface area contributed by atoms with Crippen molar-refractivity contribution in [2.75, 3.05) is 7.11 Å².